The van der Waals surface area contributed by atoms with E-state index in [0.717, 1.165) is 6.07 Å². The van der Waals surface area contributed by atoms with E-state index in [1.807, 2.05) is 6.07 Å². The third kappa shape index (κ3) is 2.15. The molecule has 0 fully saturated rings. The second-order valence-corrected chi connectivity index (χ2v) is 2.71. The number of nitriles is 1. The van der Waals surface area contributed by atoms with Crippen molar-refractivity contribution in [1.29, 1.82) is 5.26 Å². The molecule has 0 aliphatic carbocycles. The lowest BCUT2D eigenvalue weighted by molar-refractivity contribution is 0.146. The molecule has 0 aliphatic rings. The number of nitrogens with zero attached hydrogens (tertiary/aromatic N) is 1. The van der Waals surface area contributed by atoms with Crippen LogP contribution in [-0.2, 0) is 0 Å². The van der Waals surface area contributed by atoms with Crippen molar-refractivity contribution in [2.75, 3.05) is 14.2 Å². The van der Waals surface area contributed by atoms with Crippen molar-refractivity contribution in [1.82, 2.24) is 0 Å². The van der Waals surface area contributed by atoms with E-state index >= 15 is 0 Å². The van der Waals surface area contributed by atoms with Gasteiger partial charge in [0.05, 0.1) is 25.3 Å². The van der Waals surface area contributed by atoms with E-state index < -0.39 is 6.43 Å². The van der Waals surface area contributed by atoms with E-state index in [-0.39, 0.29) is 22.6 Å². The molecule has 3 nitrogen and oxygen atoms in total. The summed E-state index contributed by atoms with van der Waals surface area (Å²) in [5.74, 6) is 0.107. The van der Waals surface area contributed by atoms with Crippen LogP contribution in [0.15, 0.2) is 12.1 Å². The van der Waals surface area contributed by atoms with Crippen LogP contribution in [0.25, 0.3) is 0 Å². The van der Waals surface area contributed by atoms with Crippen molar-refractivity contribution in [3.8, 4) is 17.6 Å². The molecular formula is C10H9F2NO2. The zero-order valence-corrected chi connectivity index (χ0v) is 8.25. The van der Waals surface area contributed by atoms with Crippen LogP contribution in [0.5, 0.6) is 11.5 Å². The number of benzene rings is 1. The molecule has 15 heavy (non-hydrogen) atoms. The lowest BCUT2D eigenvalue weighted by atomic mass is 10.1. The first kappa shape index (κ1) is 11.2. The first-order valence-corrected chi connectivity index (χ1v) is 4.08. The summed E-state index contributed by atoms with van der Waals surface area (Å²) in [6, 6.07) is 4.19. The van der Waals surface area contributed by atoms with Gasteiger partial charge in [0.1, 0.15) is 17.6 Å². The highest BCUT2D eigenvalue weighted by atomic mass is 19.3. The van der Waals surface area contributed by atoms with Crippen LogP contribution >= 0.6 is 0 Å². The summed E-state index contributed by atoms with van der Waals surface area (Å²) in [6.07, 6.45) is -2.67. The minimum absolute atomic E-state index is 0.0117. The maximum absolute atomic E-state index is 12.5. The molecule has 0 saturated heterocycles. The number of halogens is 2. The molecule has 0 radical (unpaired) electrons. The molecule has 0 aliphatic heterocycles. The summed E-state index contributed by atoms with van der Waals surface area (Å²) in [6.45, 7) is 0. The van der Waals surface area contributed by atoms with Crippen LogP contribution in [0, 0.1) is 11.3 Å². The van der Waals surface area contributed by atoms with Crippen molar-refractivity contribution in [2.24, 2.45) is 0 Å². The molecule has 0 aromatic heterocycles. The Kier molecular flexibility index (Phi) is 3.45. The third-order valence-electron chi connectivity index (χ3n) is 1.91. The lowest BCUT2D eigenvalue weighted by Crippen LogP contribution is -1.96. The monoisotopic (exact) mass is 213 g/mol. The predicted molar refractivity (Wildman–Crippen MR) is 49.2 cm³/mol. The Morgan fingerprint density at radius 2 is 1.80 bits per heavy atom. The quantitative estimate of drug-likeness (QED) is 0.774. The van der Waals surface area contributed by atoms with Gasteiger partial charge in [-0.2, -0.15) is 5.26 Å². The fourth-order valence-electron chi connectivity index (χ4n) is 1.18. The molecule has 0 unspecified atom stereocenters. The van der Waals surface area contributed by atoms with E-state index in [1.165, 1.54) is 20.3 Å². The third-order valence-corrected chi connectivity index (χ3v) is 1.91. The van der Waals surface area contributed by atoms with E-state index in [0.29, 0.717) is 0 Å². The van der Waals surface area contributed by atoms with Gasteiger partial charge in [-0.3, -0.25) is 0 Å². The van der Waals surface area contributed by atoms with Crippen LogP contribution < -0.4 is 9.47 Å². The summed E-state index contributed by atoms with van der Waals surface area (Å²) in [5, 5.41) is 8.73. The summed E-state index contributed by atoms with van der Waals surface area (Å²) in [7, 11) is 2.59. The van der Waals surface area contributed by atoms with Crippen molar-refractivity contribution in [2.45, 2.75) is 6.43 Å². The molecule has 5 heteroatoms. The normalized spacial score (nSPS) is 9.87. The molecule has 0 saturated carbocycles. The molecule has 0 amide bonds. The summed E-state index contributed by atoms with van der Waals surface area (Å²) >= 11 is 0. The van der Waals surface area contributed by atoms with Crippen molar-refractivity contribution in [3.05, 3.63) is 23.3 Å². The van der Waals surface area contributed by atoms with Gasteiger partial charge in [-0.25, -0.2) is 8.78 Å². The van der Waals surface area contributed by atoms with Crippen LogP contribution in [0.3, 0.4) is 0 Å². The van der Waals surface area contributed by atoms with Gasteiger partial charge >= 0.3 is 0 Å². The van der Waals surface area contributed by atoms with Crippen molar-refractivity contribution < 1.29 is 18.3 Å². The average molecular weight is 213 g/mol. The van der Waals surface area contributed by atoms with Gasteiger partial charge in [-0.1, -0.05) is 0 Å². The topological polar surface area (TPSA) is 42.2 Å². The maximum atomic E-state index is 12.5. The fraction of sp³-hybridized carbons (Fsp3) is 0.300. The number of hydrogen-bond acceptors (Lipinski definition) is 3. The summed E-state index contributed by atoms with van der Waals surface area (Å²) < 4.78 is 34.7. The molecule has 1 rings (SSSR count). The van der Waals surface area contributed by atoms with E-state index in [9.17, 15) is 8.78 Å². The Bertz CT molecular complexity index is 399. The van der Waals surface area contributed by atoms with E-state index in [4.69, 9.17) is 14.7 Å². The van der Waals surface area contributed by atoms with Gasteiger partial charge < -0.3 is 9.47 Å². The van der Waals surface area contributed by atoms with Crippen LogP contribution in [0.4, 0.5) is 8.78 Å². The minimum atomic E-state index is -2.67. The van der Waals surface area contributed by atoms with Gasteiger partial charge in [0, 0.05) is 6.07 Å². The highest BCUT2D eigenvalue weighted by molar-refractivity contribution is 5.52. The zero-order chi connectivity index (χ0) is 11.4. The first-order valence-electron chi connectivity index (χ1n) is 4.08. The fourth-order valence-corrected chi connectivity index (χ4v) is 1.18. The molecule has 0 bridgehead atoms. The Balaban J connectivity index is 3.36. The number of rotatable bonds is 3. The number of hydrogen-bond donors (Lipinski definition) is 0. The standard InChI is InChI=1S/C10H9F2NO2/c1-14-8-4-7(10(11)12)9(15-2)3-6(8)5-13/h3-4,10H,1-2H3. The first-order chi connectivity index (χ1) is 7.13. The largest absolute Gasteiger partial charge is 0.496 e. The Morgan fingerprint density at radius 3 is 2.20 bits per heavy atom. The maximum Gasteiger partial charge on any atom is 0.267 e. The van der Waals surface area contributed by atoms with Gasteiger partial charge in [0.2, 0.25) is 0 Å². The molecule has 0 N–H and O–H groups in total. The number of ether oxygens (including phenoxy) is 2. The highest BCUT2D eigenvalue weighted by Gasteiger charge is 2.17. The van der Waals surface area contributed by atoms with Gasteiger partial charge in [-0.15, -0.1) is 0 Å². The Hall–Kier alpha value is -1.83. The number of alkyl halides is 2. The molecular weight excluding hydrogens is 204 g/mol. The molecule has 80 valence electrons. The molecule has 0 atom stereocenters. The van der Waals surface area contributed by atoms with E-state index in [1.54, 1.807) is 0 Å². The molecule has 1 aromatic carbocycles. The number of methoxy groups -OCH3 is 2. The Morgan fingerprint density at radius 1 is 1.20 bits per heavy atom. The molecule has 0 spiro atoms. The second kappa shape index (κ2) is 4.60. The molecule has 1 aromatic rings. The summed E-state index contributed by atoms with van der Waals surface area (Å²) in [4.78, 5) is 0. The minimum Gasteiger partial charge on any atom is -0.496 e. The van der Waals surface area contributed by atoms with Crippen LogP contribution in [0.1, 0.15) is 17.6 Å². The van der Waals surface area contributed by atoms with Gasteiger partial charge in [0.25, 0.3) is 6.43 Å². The lowest BCUT2D eigenvalue weighted by Gasteiger charge is -2.10. The van der Waals surface area contributed by atoms with Crippen molar-refractivity contribution in [3.63, 3.8) is 0 Å². The van der Waals surface area contributed by atoms with Crippen molar-refractivity contribution >= 4 is 0 Å². The van der Waals surface area contributed by atoms with Crippen LogP contribution in [0.2, 0.25) is 0 Å². The Labute approximate surface area is 85.8 Å². The predicted octanol–water partition coefficient (Wildman–Crippen LogP) is 2.51. The van der Waals surface area contributed by atoms with Gasteiger partial charge in [-0.05, 0) is 6.07 Å². The molecule has 0 heterocycles. The van der Waals surface area contributed by atoms with Crippen LogP contribution in [-0.4, -0.2) is 14.2 Å². The average Bonchev–Trinajstić information content (AvgIpc) is 2.26. The SMILES string of the molecule is COc1cc(C(F)F)c(OC)cc1C#N. The smallest absolute Gasteiger partial charge is 0.267 e. The van der Waals surface area contributed by atoms with E-state index in [2.05, 4.69) is 0 Å². The second-order valence-electron chi connectivity index (χ2n) is 2.71. The summed E-state index contributed by atoms with van der Waals surface area (Å²) in [5.41, 5.74) is -0.118. The zero-order valence-electron chi connectivity index (χ0n) is 8.25. The van der Waals surface area contributed by atoms with Gasteiger partial charge in [0.15, 0.2) is 0 Å². The highest BCUT2D eigenvalue weighted by Crippen LogP contribution is 2.34.